The highest BCUT2D eigenvalue weighted by Crippen LogP contribution is 2.28. The van der Waals surface area contributed by atoms with Gasteiger partial charge in [0.1, 0.15) is 11.6 Å². The van der Waals surface area contributed by atoms with Gasteiger partial charge >= 0.3 is 0 Å². The van der Waals surface area contributed by atoms with Crippen LogP contribution in [0, 0.1) is 11.6 Å². The zero-order chi connectivity index (χ0) is 20.8. The van der Waals surface area contributed by atoms with Crippen molar-refractivity contribution >= 4 is 11.8 Å². The minimum absolute atomic E-state index is 0.0439. The summed E-state index contributed by atoms with van der Waals surface area (Å²) in [6.45, 7) is 5.99. The number of methoxy groups -OCH3 is 1. The van der Waals surface area contributed by atoms with Gasteiger partial charge in [0.15, 0.2) is 28.7 Å². The van der Waals surface area contributed by atoms with E-state index in [0.717, 1.165) is 23.4 Å². The molecule has 0 spiro atoms. The summed E-state index contributed by atoms with van der Waals surface area (Å²) in [5, 5.41) is 9.17. The van der Waals surface area contributed by atoms with Crippen molar-refractivity contribution in [3.8, 4) is 11.5 Å². The van der Waals surface area contributed by atoms with E-state index in [9.17, 15) is 8.78 Å². The molecule has 0 N–H and O–H groups in total. The van der Waals surface area contributed by atoms with E-state index in [1.165, 1.54) is 17.8 Å². The highest BCUT2D eigenvalue weighted by molar-refractivity contribution is 7.98. The van der Waals surface area contributed by atoms with Crippen molar-refractivity contribution in [2.24, 2.45) is 0 Å². The van der Waals surface area contributed by atoms with Gasteiger partial charge in [-0.15, -0.1) is 16.8 Å². The molecule has 0 radical (unpaired) electrons. The van der Waals surface area contributed by atoms with Gasteiger partial charge in [0.05, 0.1) is 7.11 Å². The second kappa shape index (κ2) is 9.56. The van der Waals surface area contributed by atoms with Gasteiger partial charge in [-0.05, 0) is 36.8 Å². The first-order valence-electron chi connectivity index (χ1n) is 8.93. The van der Waals surface area contributed by atoms with Crippen molar-refractivity contribution < 1.29 is 18.3 Å². The van der Waals surface area contributed by atoms with Crippen molar-refractivity contribution in [1.29, 1.82) is 0 Å². The summed E-state index contributed by atoms with van der Waals surface area (Å²) >= 11 is 1.52. The number of benzene rings is 2. The van der Waals surface area contributed by atoms with Gasteiger partial charge in [0, 0.05) is 18.4 Å². The molecule has 0 fully saturated rings. The molecule has 1 aromatic heterocycles. The zero-order valence-corrected chi connectivity index (χ0v) is 17.0. The van der Waals surface area contributed by atoms with Crippen LogP contribution in [0.2, 0.25) is 0 Å². The molecule has 0 aliphatic rings. The number of nitrogens with zero attached hydrogens (tertiary/aromatic N) is 3. The predicted molar refractivity (Wildman–Crippen MR) is 108 cm³/mol. The van der Waals surface area contributed by atoms with E-state index in [0.29, 0.717) is 23.3 Å². The quantitative estimate of drug-likeness (QED) is 0.355. The number of thioether (sulfide) groups is 1. The molecule has 1 heterocycles. The van der Waals surface area contributed by atoms with E-state index in [1.54, 1.807) is 20.1 Å². The Kier molecular flexibility index (Phi) is 6.87. The van der Waals surface area contributed by atoms with Crippen LogP contribution in [-0.2, 0) is 12.3 Å². The highest BCUT2D eigenvalue weighted by Gasteiger charge is 2.20. The number of allylic oxidation sites excluding steroid dienone is 1. The Morgan fingerprint density at radius 2 is 2.03 bits per heavy atom. The minimum Gasteiger partial charge on any atom is -0.497 e. The van der Waals surface area contributed by atoms with Gasteiger partial charge in [0.2, 0.25) is 0 Å². The number of rotatable bonds is 9. The maximum absolute atomic E-state index is 13.9. The van der Waals surface area contributed by atoms with Crippen LogP contribution in [0.1, 0.15) is 24.4 Å². The molecule has 8 heteroatoms. The van der Waals surface area contributed by atoms with Gasteiger partial charge in [0.25, 0.3) is 0 Å². The van der Waals surface area contributed by atoms with Crippen LogP contribution in [-0.4, -0.2) is 21.9 Å². The molecule has 0 bridgehead atoms. The maximum atomic E-state index is 13.9. The number of aromatic nitrogens is 3. The van der Waals surface area contributed by atoms with Gasteiger partial charge in [-0.1, -0.05) is 30.0 Å². The monoisotopic (exact) mass is 417 g/mol. The second-order valence-corrected chi connectivity index (χ2v) is 7.16. The fourth-order valence-corrected chi connectivity index (χ4v) is 3.63. The Balaban J connectivity index is 1.77. The molecule has 0 saturated heterocycles. The molecule has 1 atom stereocenters. The fourth-order valence-electron chi connectivity index (χ4n) is 2.73. The standard InChI is InChI=1S/C21H21F2N3O2S/c1-4-10-26-20(14(2)28-19-9-8-16(22)12-18(19)23)24-25-21(26)29-13-15-6-5-7-17(11-15)27-3/h4-9,11-12,14H,1,10,13H2,2-3H3. The average Bonchev–Trinajstić information content (AvgIpc) is 3.11. The Hall–Kier alpha value is -2.87. The summed E-state index contributed by atoms with van der Waals surface area (Å²) in [4.78, 5) is 0. The maximum Gasteiger partial charge on any atom is 0.191 e. The molecule has 152 valence electrons. The Morgan fingerprint density at radius 3 is 2.76 bits per heavy atom. The highest BCUT2D eigenvalue weighted by atomic mass is 32.2. The Bertz CT molecular complexity index is 994. The lowest BCUT2D eigenvalue weighted by Gasteiger charge is -2.16. The van der Waals surface area contributed by atoms with E-state index >= 15 is 0 Å². The zero-order valence-electron chi connectivity index (χ0n) is 16.1. The van der Waals surface area contributed by atoms with Crippen molar-refractivity contribution in [2.75, 3.05) is 7.11 Å². The molecular weight excluding hydrogens is 396 g/mol. The van der Waals surface area contributed by atoms with Gasteiger partial charge in [-0.25, -0.2) is 8.78 Å². The molecule has 0 aliphatic carbocycles. The number of ether oxygens (including phenoxy) is 2. The molecule has 0 aliphatic heterocycles. The summed E-state index contributed by atoms with van der Waals surface area (Å²) in [5.41, 5.74) is 1.08. The van der Waals surface area contributed by atoms with Crippen molar-refractivity contribution in [3.05, 3.63) is 78.1 Å². The van der Waals surface area contributed by atoms with E-state index in [-0.39, 0.29) is 5.75 Å². The van der Waals surface area contributed by atoms with Crippen molar-refractivity contribution in [2.45, 2.75) is 30.5 Å². The predicted octanol–water partition coefficient (Wildman–Crippen LogP) is 5.18. The molecule has 2 aromatic carbocycles. The first-order chi connectivity index (χ1) is 14.0. The smallest absolute Gasteiger partial charge is 0.191 e. The lowest BCUT2D eigenvalue weighted by atomic mass is 10.2. The molecular formula is C21H21F2N3O2S. The van der Waals surface area contributed by atoms with Crippen molar-refractivity contribution in [3.63, 3.8) is 0 Å². The fraction of sp³-hybridized carbons (Fsp3) is 0.238. The number of halogens is 2. The third kappa shape index (κ3) is 5.14. The third-order valence-corrected chi connectivity index (χ3v) is 5.16. The third-order valence-electron chi connectivity index (χ3n) is 4.12. The average molecular weight is 417 g/mol. The topological polar surface area (TPSA) is 49.2 Å². The van der Waals surface area contributed by atoms with Gasteiger partial charge in [-0.2, -0.15) is 0 Å². The molecule has 29 heavy (non-hydrogen) atoms. The molecule has 1 unspecified atom stereocenters. The van der Waals surface area contributed by atoms with E-state index in [1.807, 2.05) is 28.8 Å². The second-order valence-electron chi connectivity index (χ2n) is 6.22. The molecule has 5 nitrogen and oxygen atoms in total. The molecule has 3 rings (SSSR count). The lowest BCUT2D eigenvalue weighted by molar-refractivity contribution is 0.200. The SMILES string of the molecule is C=CCn1c(SCc2cccc(OC)c2)nnc1C(C)Oc1ccc(F)cc1F. The van der Waals surface area contributed by atoms with Crippen LogP contribution in [0.25, 0.3) is 0 Å². The summed E-state index contributed by atoms with van der Waals surface area (Å²) in [5.74, 6) is 0.529. The van der Waals surface area contributed by atoms with E-state index in [2.05, 4.69) is 16.8 Å². The molecule has 0 amide bonds. The van der Waals surface area contributed by atoms with E-state index < -0.39 is 17.7 Å². The van der Waals surface area contributed by atoms with Crippen molar-refractivity contribution in [1.82, 2.24) is 14.8 Å². The summed E-state index contributed by atoms with van der Waals surface area (Å²) in [6, 6.07) is 11.0. The number of hydrogen-bond acceptors (Lipinski definition) is 5. The lowest BCUT2D eigenvalue weighted by Crippen LogP contribution is -2.13. The minimum atomic E-state index is -0.765. The van der Waals surface area contributed by atoms with Crippen LogP contribution in [0.15, 0.2) is 60.3 Å². The Morgan fingerprint density at radius 1 is 1.21 bits per heavy atom. The molecule has 3 aromatic rings. The Labute approximate surface area is 172 Å². The summed E-state index contributed by atoms with van der Waals surface area (Å²) < 4.78 is 39.8. The first-order valence-corrected chi connectivity index (χ1v) is 9.91. The van der Waals surface area contributed by atoms with Crippen LogP contribution in [0.5, 0.6) is 11.5 Å². The first kappa shape index (κ1) is 20.9. The van der Waals surface area contributed by atoms with Crippen LogP contribution in [0.4, 0.5) is 8.78 Å². The largest absolute Gasteiger partial charge is 0.497 e. The molecule has 0 saturated carbocycles. The van der Waals surface area contributed by atoms with Crippen LogP contribution < -0.4 is 9.47 Å². The number of hydrogen-bond donors (Lipinski definition) is 0. The summed E-state index contributed by atoms with van der Waals surface area (Å²) in [7, 11) is 1.63. The van der Waals surface area contributed by atoms with E-state index in [4.69, 9.17) is 9.47 Å². The van der Waals surface area contributed by atoms with Gasteiger partial charge < -0.3 is 9.47 Å². The van der Waals surface area contributed by atoms with Crippen LogP contribution in [0.3, 0.4) is 0 Å². The summed E-state index contributed by atoms with van der Waals surface area (Å²) in [6.07, 6.45) is 1.14. The van der Waals surface area contributed by atoms with Crippen LogP contribution >= 0.6 is 11.8 Å². The van der Waals surface area contributed by atoms with Gasteiger partial charge in [-0.3, -0.25) is 4.57 Å². The normalized spacial score (nSPS) is 11.9.